The Morgan fingerprint density at radius 2 is 1.56 bits per heavy atom. The molecule has 0 saturated carbocycles. The topological polar surface area (TPSA) is 130 Å². The third-order valence-electron chi connectivity index (χ3n) is 5.53. The Kier molecular flexibility index (Phi) is 5.14. The van der Waals surface area contributed by atoms with Crippen molar-refractivity contribution >= 4 is 11.2 Å². The normalized spacial score (nSPS) is 20.6. The number of rotatable bonds is 4. The van der Waals surface area contributed by atoms with Gasteiger partial charge in [-0.3, -0.25) is 9.78 Å². The van der Waals surface area contributed by atoms with Crippen LogP contribution in [0.5, 0.6) is 0 Å². The molecule has 0 amide bonds. The highest BCUT2D eigenvalue weighted by Crippen LogP contribution is 2.32. The molecule has 1 aliphatic heterocycles. The summed E-state index contributed by atoms with van der Waals surface area (Å²) >= 11 is 0. The van der Waals surface area contributed by atoms with E-state index in [1.54, 1.807) is 0 Å². The van der Waals surface area contributed by atoms with Crippen molar-refractivity contribution in [1.82, 2.24) is 19.5 Å². The van der Waals surface area contributed by atoms with Gasteiger partial charge in [0.2, 0.25) is 0 Å². The Hall–Kier alpha value is -3.66. The number of aliphatic hydroxyl groups is 2. The second kappa shape index (κ2) is 8.12. The monoisotopic (exact) mass is 432 g/mol. The summed E-state index contributed by atoms with van der Waals surface area (Å²) in [5.41, 5.74) is 1.18. The van der Waals surface area contributed by atoms with E-state index in [-0.39, 0.29) is 17.6 Å². The summed E-state index contributed by atoms with van der Waals surface area (Å²) in [6.07, 6.45) is -2.63. The van der Waals surface area contributed by atoms with Crippen LogP contribution in [0.25, 0.3) is 33.7 Å². The van der Waals surface area contributed by atoms with E-state index < -0.39 is 36.3 Å². The first-order valence-electron chi connectivity index (χ1n) is 10.2. The van der Waals surface area contributed by atoms with Gasteiger partial charge in [-0.25, -0.2) is 19.3 Å². The molecule has 4 aromatic rings. The predicted molar refractivity (Wildman–Crippen MR) is 117 cm³/mol. The maximum atomic E-state index is 12.8. The first kappa shape index (κ1) is 20.3. The highest BCUT2D eigenvalue weighted by molar-refractivity contribution is 5.84. The molecule has 3 N–H and O–H groups in total. The van der Waals surface area contributed by atoms with E-state index in [0.717, 1.165) is 11.1 Å². The average molecular weight is 432 g/mol. The third kappa shape index (κ3) is 3.42. The molecule has 1 unspecified atom stereocenters. The summed E-state index contributed by atoms with van der Waals surface area (Å²) in [6.45, 7) is -0.396. The molecule has 0 bridgehead atoms. The number of ether oxygens (including phenoxy) is 1. The van der Waals surface area contributed by atoms with E-state index in [2.05, 4.69) is 9.97 Å². The molecule has 1 aliphatic rings. The van der Waals surface area contributed by atoms with Gasteiger partial charge in [0.05, 0.1) is 24.1 Å². The molecule has 0 spiro atoms. The van der Waals surface area contributed by atoms with Crippen LogP contribution >= 0.6 is 0 Å². The van der Waals surface area contributed by atoms with Crippen LogP contribution in [0.3, 0.4) is 0 Å². The molecular weight excluding hydrogens is 412 g/mol. The van der Waals surface area contributed by atoms with Gasteiger partial charge in [0.1, 0.15) is 12.3 Å². The van der Waals surface area contributed by atoms with Crippen LogP contribution in [0.2, 0.25) is 0 Å². The molecule has 9 heteroatoms. The quantitative estimate of drug-likeness (QED) is 0.445. The van der Waals surface area contributed by atoms with Gasteiger partial charge in [0.25, 0.3) is 5.56 Å². The second-order valence-corrected chi connectivity index (χ2v) is 7.57. The molecule has 3 atom stereocenters. The maximum absolute atomic E-state index is 12.8. The summed E-state index contributed by atoms with van der Waals surface area (Å²) in [5.74, 6) is 0. The highest BCUT2D eigenvalue weighted by Gasteiger charge is 2.36. The van der Waals surface area contributed by atoms with E-state index in [4.69, 9.17) is 9.72 Å². The van der Waals surface area contributed by atoms with E-state index in [1.807, 2.05) is 60.7 Å². The van der Waals surface area contributed by atoms with Gasteiger partial charge < -0.3 is 14.9 Å². The van der Waals surface area contributed by atoms with Crippen molar-refractivity contribution in [2.45, 2.75) is 24.9 Å². The fourth-order valence-corrected chi connectivity index (χ4v) is 3.96. The van der Waals surface area contributed by atoms with Gasteiger partial charge in [-0.1, -0.05) is 60.7 Å². The summed E-state index contributed by atoms with van der Waals surface area (Å²) in [5, 5.41) is 19.6. The average Bonchev–Trinajstić information content (AvgIpc) is 3.19. The zero-order chi connectivity index (χ0) is 22.2. The summed E-state index contributed by atoms with van der Waals surface area (Å²) < 4.78 is 6.86. The number of hydrogen-bond acceptors (Lipinski definition) is 7. The third-order valence-corrected chi connectivity index (χ3v) is 5.53. The Labute approximate surface area is 181 Å². The number of aromatic nitrogens is 4. The maximum Gasteiger partial charge on any atom is 0.332 e. The minimum Gasteiger partial charge on any atom is -0.394 e. The van der Waals surface area contributed by atoms with Crippen LogP contribution < -0.4 is 11.2 Å². The smallest absolute Gasteiger partial charge is 0.332 e. The zero-order valence-electron chi connectivity index (χ0n) is 16.9. The molecule has 3 heterocycles. The highest BCUT2D eigenvalue weighted by atomic mass is 16.5. The lowest BCUT2D eigenvalue weighted by Crippen LogP contribution is -2.34. The molecular formula is C23H20N4O5. The minimum atomic E-state index is -0.955. The molecule has 1 fully saturated rings. The van der Waals surface area contributed by atoms with Crippen LogP contribution in [-0.2, 0) is 4.74 Å². The standard InChI is InChI=1S/C23H20N4O5/c28-12-16-15(29)11-17(32-16)27-21-20(22(30)26-23(27)31)24-18(13-7-3-1-4-8-13)19(25-21)14-9-5-2-6-10-14/h1-10,15-17,28-29H,11-12H2,(H,26,30,31)/t15-,16+,17?/m0/s1. The van der Waals surface area contributed by atoms with Crippen molar-refractivity contribution in [2.24, 2.45) is 0 Å². The first-order chi connectivity index (χ1) is 15.6. The van der Waals surface area contributed by atoms with Crippen LogP contribution in [0.1, 0.15) is 12.6 Å². The lowest BCUT2D eigenvalue weighted by Gasteiger charge is -2.17. The lowest BCUT2D eigenvalue weighted by molar-refractivity contribution is -0.0445. The SMILES string of the molecule is O=c1[nH]c(=O)n(C2C[C@H](O)[C@@H](CO)O2)c2nc(-c3ccccc3)c(-c3ccccc3)nc12. The Balaban J connectivity index is 1.81. The molecule has 0 radical (unpaired) electrons. The first-order valence-corrected chi connectivity index (χ1v) is 10.2. The largest absolute Gasteiger partial charge is 0.394 e. The number of hydrogen-bond donors (Lipinski definition) is 3. The van der Waals surface area contributed by atoms with Crippen LogP contribution in [-0.4, -0.2) is 48.5 Å². The predicted octanol–water partition coefficient (Wildman–Crippen LogP) is 1.45. The van der Waals surface area contributed by atoms with Crippen molar-refractivity contribution in [1.29, 1.82) is 0 Å². The molecule has 1 saturated heterocycles. The number of aliphatic hydroxyl groups excluding tert-OH is 2. The van der Waals surface area contributed by atoms with Gasteiger partial charge in [-0.15, -0.1) is 0 Å². The number of nitrogens with zero attached hydrogens (tertiary/aromatic N) is 3. The molecule has 32 heavy (non-hydrogen) atoms. The number of aromatic amines is 1. The van der Waals surface area contributed by atoms with Gasteiger partial charge in [0, 0.05) is 17.5 Å². The van der Waals surface area contributed by atoms with Crippen molar-refractivity contribution in [2.75, 3.05) is 6.61 Å². The summed E-state index contributed by atoms with van der Waals surface area (Å²) in [4.78, 5) is 37.1. The summed E-state index contributed by atoms with van der Waals surface area (Å²) in [7, 11) is 0. The molecule has 9 nitrogen and oxygen atoms in total. The van der Waals surface area contributed by atoms with Crippen molar-refractivity contribution in [3.8, 4) is 22.5 Å². The lowest BCUT2D eigenvalue weighted by atomic mass is 10.0. The van der Waals surface area contributed by atoms with E-state index in [9.17, 15) is 19.8 Å². The number of H-pyrrole nitrogens is 1. The van der Waals surface area contributed by atoms with E-state index in [0.29, 0.717) is 11.4 Å². The van der Waals surface area contributed by atoms with E-state index in [1.165, 1.54) is 4.57 Å². The molecule has 162 valence electrons. The Morgan fingerprint density at radius 3 is 2.12 bits per heavy atom. The molecule has 5 rings (SSSR count). The van der Waals surface area contributed by atoms with Gasteiger partial charge in [-0.2, -0.15) is 0 Å². The minimum absolute atomic E-state index is 0.0197. The zero-order valence-corrected chi connectivity index (χ0v) is 16.9. The van der Waals surface area contributed by atoms with Gasteiger partial charge in [0.15, 0.2) is 11.2 Å². The van der Waals surface area contributed by atoms with Crippen LogP contribution in [0.4, 0.5) is 0 Å². The second-order valence-electron chi connectivity index (χ2n) is 7.57. The van der Waals surface area contributed by atoms with Gasteiger partial charge >= 0.3 is 5.69 Å². The van der Waals surface area contributed by atoms with Crippen LogP contribution in [0.15, 0.2) is 70.3 Å². The number of nitrogens with one attached hydrogen (secondary N) is 1. The molecule has 2 aromatic carbocycles. The number of benzene rings is 2. The van der Waals surface area contributed by atoms with Crippen molar-refractivity contribution in [3.63, 3.8) is 0 Å². The fraction of sp³-hybridized carbons (Fsp3) is 0.217. The molecule has 0 aliphatic carbocycles. The van der Waals surface area contributed by atoms with Gasteiger partial charge in [-0.05, 0) is 0 Å². The van der Waals surface area contributed by atoms with Crippen LogP contribution in [0, 0.1) is 0 Å². The van der Waals surface area contributed by atoms with Crippen molar-refractivity contribution < 1.29 is 14.9 Å². The number of fused-ring (bicyclic) bond motifs is 1. The van der Waals surface area contributed by atoms with Crippen molar-refractivity contribution in [3.05, 3.63) is 81.5 Å². The van der Waals surface area contributed by atoms with E-state index >= 15 is 0 Å². The Bertz CT molecular complexity index is 1380. The Morgan fingerprint density at radius 1 is 0.969 bits per heavy atom. The fourth-order valence-electron chi connectivity index (χ4n) is 3.96. The molecule has 2 aromatic heterocycles. The summed E-state index contributed by atoms with van der Waals surface area (Å²) in [6, 6.07) is 18.7.